The van der Waals surface area contributed by atoms with Gasteiger partial charge in [-0.25, -0.2) is 25.9 Å². The third-order valence-corrected chi connectivity index (χ3v) is 12.0. The number of halogens is 5. The largest absolute Gasteiger partial charge is 0.420 e. The highest BCUT2D eigenvalue weighted by atomic mass is 32.2. The van der Waals surface area contributed by atoms with Crippen LogP contribution in [0.25, 0.3) is 21.8 Å². The number of pyridine rings is 1. The molecule has 0 unspecified atom stereocenters. The van der Waals surface area contributed by atoms with Crippen molar-refractivity contribution in [3.05, 3.63) is 113 Å². The Hall–Kier alpha value is -5.00. The van der Waals surface area contributed by atoms with E-state index in [2.05, 4.69) is 9.30 Å². The van der Waals surface area contributed by atoms with Gasteiger partial charge in [0.1, 0.15) is 6.54 Å². The van der Waals surface area contributed by atoms with Gasteiger partial charge in [-0.1, -0.05) is 67.6 Å². The van der Waals surface area contributed by atoms with Gasteiger partial charge >= 0.3 is 5.97 Å². The van der Waals surface area contributed by atoms with Crippen molar-refractivity contribution in [3.8, 4) is 5.75 Å². The Balaban J connectivity index is 1.26. The minimum absolute atomic E-state index is 0.121. The summed E-state index contributed by atoms with van der Waals surface area (Å²) in [6.45, 7) is 1.81. The summed E-state index contributed by atoms with van der Waals surface area (Å²) >= 11 is 0. The summed E-state index contributed by atoms with van der Waals surface area (Å²) in [6, 6.07) is 20.1. The molecule has 1 heterocycles. The third-order valence-electron chi connectivity index (χ3n) is 9.39. The molecule has 1 N–H and O–H groups in total. The minimum atomic E-state index is -4.47. The smallest absolute Gasteiger partial charge is 0.311 e. The SMILES string of the molecule is Cc1ccc(S(=O)(=O)N(CCCS(=O)(=O)O)C(=O)c2c3ccccc3[n+](CCCCCCCCCC(=O)Oc3c(F)c(F)c(F)c(F)c3F)c3ccccc23)cc1. The highest BCUT2D eigenvalue weighted by Gasteiger charge is 2.34. The van der Waals surface area contributed by atoms with Gasteiger partial charge in [0, 0.05) is 31.5 Å². The Labute approximate surface area is 326 Å². The number of rotatable bonds is 18. The number of carbonyl (C=O) groups is 2. The van der Waals surface area contributed by atoms with Gasteiger partial charge in [0.25, 0.3) is 26.0 Å². The van der Waals surface area contributed by atoms with Crippen LogP contribution in [0.5, 0.6) is 5.75 Å². The monoisotopic (exact) mass is 835 g/mol. The van der Waals surface area contributed by atoms with E-state index in [9.17, 15) is 52.9 Å². The fourth-order valence-corrected chi connectivity index (χ4v) is 8.44. The third kappa shape index (κ3) is 10.1. The average molecular weight is 836 g/mol. The maximum atomic E-state index is 14.5. The molecule has 0 atom stereocenters. The van der Waals surface area contributed by atoms with Crippen molar-refractivity contribution in [2.45, 2.75) is 76.2 Å². The van der Waals surface area contributed by atoms with Crippen molar-refractivity contribution < 1.29 is 62.2 Å². The molecular formula is C40H40F5N2O8S2+. The van der Waals surface area contributed by atoms with E-state index in [-0.39, 0.29) is 29.7 Å². The Kier molecular flexibility index (Phi) is 14.0. The van der Waals surface area contributed by atoms with E-state index in [1.807, 2.05) is 12.1 Å². The van der Waals surface area contributed by atoms with Gasteiger partial charge in [0.05, 0.1) is 27.0 Å². The van der Waals surface area contributed by atoms with E-state index in [0.29, 0.717) is 45.5 Å². The number of hydrogen-bond acceptors (Lipinski definition) is 7. The highest BCUT2D eigenvalue weighted by Crippen LogP contribution is 2.31. The zero-order valence-corrected chi connectivity index (χ0v) is 32.5. The Morgan fingerprint density at radius 2 is 1.16 bits per heavy atom. The number of amides is 1. The van der Waals surface area contributed by atoms with Crippen LogP contribution >= 0.6 is 0 Å². The molecule has 0 bridgehead atoms. The molecular weight excluding hydrogens is 796 g/mol. The van der Waals surface area contributed by atoms with E-state index in [0.717, 1.165) is 31.2 Å². The molecule has 0 radical (unpaired) electrons. The highest BCUT2D eigenvalue weighted by molar-refractivity contribution is 7.89. The van der Waals surface area contributed by atoms with Crippen molar-refractivity contribution in [1.82, 2.24) is 4.31 Å². The first-order valence-electron chi connectivity index (χ1n) is 18.2. The number of nitrogens with zero attached hydrogens (tertiary/aromatic N) is 2. The molecule has 0 aliphatic heterocycles. The minimum Gasteiger partial charge on any atom is -0.420 e. The van der Waals surface area contributed by atoms with Crippen LogP contribution in [0.15, 0.2) is 77.7 Å². The maximum Gasteiger partial charge on any atom is 0.311 e. The number of aryl methyl sites for hydroxylation is 2. The second-order valence-electron chi connectivity index (χ2n) is 13.5. The van der Waals surface area contributed by atoms with Crippen molar-refractivity contribution >= 4 is 53.8 Å². The molecule has 4 aromatic carbocycles. The van der Waals surface area contributed by atoms with Gasteiger partial charge in [0.15, 0.2) is 0 Å². The molecule has 1 aromatic heterocycles. The average Bonchev–Trinajstić information content (AvgIpc) is 3.18. The number of esters is 1. The molecule has 0 aliphatic carbocycles. The van der Waals surface area contributed by atoms with Crippen LogP contribution in [0.4, 0.5) is 22.0 Å². The Morgan fingerprint density at radius 3 is 1.70 bits per heavy atom. The molecule has 5 aromatic rings. The van der Waals surface area contributed by atoms with E-state index < -0.39 is 79.2 Å². The Bertz CT molecular complexity index is 2430. The summed E-state index contributed by atoms with van der Waals surface area (Å²) in [5.41, 5.74) is 2.25. The second kappa shape index (κ2) is 18.5. The standard InChI is InChI=1S/C40H39F5N2O8S2/c1-26-19-21-27(22-20-26)57(53,54)47(24-13-25-56(50,51)52)40(49)33-28-14-8-10-16-30(28)46(31-17-11-9-15-29(31)33)23-12-6-4-2-3-5-7-18-32(48)55-39-37(44)35(42)34(41)36(43)38(39)45/h8-11,14-17,19-22H,2-7,12-13,18,23-25H2,1H3/p+1. The number of unbranched alkanes of at least 4 members (excludes halogenated alkanes) is 6. The number of ether oxygens (including phenoxy) is 1. The van der Waals surface area contributed by atoms with Gasteiger partial charge in [0.2, 0.25) is 45.9 Å². The number of benzene rings is 4. The fraction of sp³-hybridized carbons (Fsp3) is 0.325. The van der Waals surface area contributed by atoms with E-state index in [1.54, 1.807) is 55.5 Å². The van der Waals surface area contributed by atoms with Gasteiger partial charge in [-0.3, -0.25) is 14.1 Å². The molecule has 0 saturated heterocycles. The molecule has 17 heteroatoms. The zero-order chi connectivity index (χ0) is 41.5. The fourth-order valence-electron chi connectivity index (χ4n) is 6.53. The number of para-hydroxylation sites is 2. The van der Waals surface area contributed by atoms with Crippen LogP contribution in [0.1, 0.15) is 73.7 Å². The first-order valence-corrected chi connectivity index (χ1v) is 21.2. The van der Waals surface area contributed by atoms with Gasteiger partial charge in [-0.05, 0) is 50.5 Å². The molecule has 0 spiro atoms. The summed E-state index contributed by atoms with van der Waals surface area (Å²) in [6.07, 6.45) is 4.04. The lowest BCUT2D eigenvalue weighted by Gasteiger charge is -2.24. The first kappa shape index (κ1) is 43.1. The first-order chi connectivity index (χ1) is 27.0. The second-order valence-corrected chi connectivity index (χ2v) is 16.9. The summed E-state index contributed by atoms with van der Waals surface area (Å²) in [4.78, 5) is 26.4. The Morgan fingerprint density at radius 1 is 0.667 bits per heavy atom. The van der Waals surface area contributed by atoms with Crippen LogP contribution < -0.4 is 9.30 Å². The maximum absolute atomic E-state index is 14.5. The topological polar surface area (TPSA) is 139 Å². The lowest BCUT2D eigenvalue weighted by molar-refractivity contribution is -0.645. The normalized spacial score (nSPS) is 12.0. The predicted molar refractivity (Wildman–Crippen MR) is 201 cm³/mol. The number of sulfonamides is 1. The lowest BCUT2D eigenvalue weighted by atomic mass is 10.0. The molecule has 0 saturated carbocycles. The molecule has 10 nitrogen and oxygen atoms in total. The van der Waals surface area contributed by atoms with Crippen LogP contribution in [0, 0.1) is 36.0 Å². The molecule has 0 aliphatic rings. The molecule has 57 heavy (non-hydrogen) atoms. The van der Waals surface area contributed by atoms with Crippen molar-refractivity contribution in [3.63, 3.8) is 0 Å². The quantitative estimate of drug-likeness (QED) is 0.0108. The van der Waals surface area contributed by atoms with Crippen LogP contribution in [0.3, 0.4) is 0 Å². The molecule has 1 amide bonds. The van der Waals surface area contributed by atoms with Crippen LogP contribution in [-0.2, 0) is 31.5 Å². The molecule has 0 fully saturated rings. The summed E-state index contributed by atoms with van der Waals surface area (Å²) in [5.74, 6) is -15.5. The molecule has 5 rings (SSSR count). The van der Waals surface area contributed by atoms with Crippen molar-refractivity contribution in [1.29, 1.82) is 0 Å². The molecule has 304 valence electrons. The lowest BCUT2D eigenvalue weighted by Crippen LogP contribution is -2.40. The number of carbonyl (C=O) groups excluding carboxylic acids is 2. The van der Waals surface area contributed by atoms with Gasteiger partial charge in [-0.2, -0.15) is 21.8 Å². The van der Waals surface area contributed by atoms with E-state index in [1.165, 1.54) is 12.1 Å². The summed E-state index contributed by atoms with van der Waals surface area (Å²) in [5, 5.41) is 0.970. The van der Waals surface area contributed by atoms with Crippen LogP contribution in [0.2, 0.25) is 0 Å². The van der Waals surface area contributed by atoms with Crippen LogP contribution in [-0.4, -0.2) is 49.9 Å². The summed E-state index contributed by atoms with van der Waals surface area (Å²) < 4.78 is 135. The zero-order valence-electron chi connectivity index (χ0n) is 30.8. The number of fused-ring (bicyclic) bond motifs is 2. The summed E-state index contributed by atoms with van der Waals surface area (Å²) in [7, 11) is -8.91. The van der Waals surface area contributed by atoms with Gasteiger partial charge < -0.3 is 4.74 Å². The van der Waals surface area contributed by atoms with Crippen molar-refractivity contribution in [2.24, 2.45) is 0 Å². The van der Waals surface area contributed by atoms with E-state index >= 15 is 0 Å². The van der Waals surface area contributed by atoms with Crippen molar-refractivity contribution in [2.75, 3.05) is 12.3 Å². The number of aromatic nitrogens is 1. The number of hydrogen-bond donors (Lipinski definition) is 1. The van der Waals surface area contributed by atoms with E-state index in [4.69, 9.17) is 0 Å². The van der Waals surface area contributed by atoms with Gasteiger partial charge in [-0.15, -0.1) is 0 Å². The predicted octanol–water partition coefficient (Wildman–Crippen LogP) is 8.12.